The topological polar surface area (TPSA) is 27.7 Å². The van der Waals surface area contributed by atoms with Crippen LogP contribution in [0.1, 0.15) is 160 Å². The van der Waals surface area contributed by atoms with Crippen molar-refractivity contribution in [1.29, 1.82) is 0 Å². The van der Waals surface area contributed by atoms with E-state index in [9.17, 15) is 26.3 Å². The van der Waals surface area contributed by atoms with Gasteiger partial charge in [0.2, 0.25) is 12.7 Å². The van der Waals surface area contributed by atoms with E-state index in [0.29, 0.717) is 11.8 Å². The van der Waals surface area contributed by atoms with Crippen LogP contribution in [0.3, 0.4) is 0 Å². The van der Waals surface area contributed by atoms with Crippen LogP contribution in [0.5, 0.6) is 11.5 Å². The van der Waals surface area contributed by atoms with Crippen LogP contribution < -0.4 is 4.74 Å². The Labute approximate surface area is 355 Å². The molecule has 0 N–H and O–H groups in total. The van der Waals surface area contributed by atoms with E-state index in [-0.39, 0.29) is 46.6 Å². The molecule has 0 spiro atoms. The molecule has 2 unspecified atom stereocenters. The lowest BCUT2D eigenvalue weighted by Crippen LogP contribution is -2.19. The van der Waals surface area contributed by atoms with E-state index in [1.807, 2.05) is 48.5 Å². The second kappa shape index (κ2) is 21.4. The number of hydrogen-bond donors (Lipinski definition) is 0. The van der Waals surface area contributed by atoms with E-state index in [4.69, 9.17) is 4.74 Å². The van der Waals surface area contributed by atoms with Crippen molar-refractivity contribution in [2.24, 2.45) is 11.8 Å². The molecule has 2 fully saturated rings. The Balaban J connectivity index is 1.31. The zero-order valence-electron chi connectivity index (χ0n) is 35.1. The highest BCUT2D eigenvalue weighted by Crippen LogP contribution is 2.42. The predicted molar refractivity (Wildman–Crippen MR) is 222 cm³/mol. The van der Waals surface area contributed by atoms with Crippen LogP contribution in [0.25, 0.3) is 0 Å². The summed E-state index contributed by atoms with van der Waals surface area (Å²) in [5.74, 6) is 2.50. The van der Waals surface area contributed by atoms with Crippen LogP contribution in [0.4, 0.5) is 35.1 Å². The van der Waals surface area contributed by atoms with E-state index in [1.165, 1.54) is 98.9 Å². The van der Waals surface area contributed by atoms with Gasteiger partial charge in [-0.25, -0.2) is 8.78 Å². The summed E-state index contributed by atoms with van der Waals surface area (Å²) < 4.78 is 126. The summed E-state index contributed by atoms with van der Waals surface area (Å²) in [6.07, 6.45) is -0.465. The Morgan fingerprint density at radius 2 is 0.869 bits per heavy atom. The third kappa shape index (κ3) is 13.5. The zero-order chi connectivity index (χ0) is 43.6. The standard InChI is InChI=1S/C50H58F8O3/c1-3-7-33-13-21-37(22-14-33)39-25-17-35(18-26-39)29-43-41(47(51)59-31-49(53,54)55)9-5-11-45(43)61-46-12-6-10-42(48(52)60-32-50(56,57)58)44(46)30-36-19-27-40(28-20-36)38-23-15-34(8-4-2)16-24-38/h5-6,9-12,17-20,25-28,33-34,37-38,47-48H,3-4,7-8,13-16,21-24,29-32H2,1-2H3. The van der Waals surface area contributed by atoms with Gasteiger partial charge in [0.25, 0.3) is 0 Å². The highest BCUT2D eigenvalue weighted by atomic mass is 19.4. The summed E-state index contributed by atoms with van der Waals surface area (Å²) in [4.78, 5) is 0. The SMILES string of the molecule is CCCC1CCC(c2ccc(Cc3c(Oc4cccc(C(F)OCC(F)(F)F)c4Cc4ccc(C5CCC(CCC)CC5)cc4)cccc3C(F)OCC(F)(F)F)cc2)CC1. The van der Waals surface area contributed by atoms with E-state index in [2.05, 4.69) is 23.3 Å². The Kier molecular flexibility index (Phi) is 16.3. The van der Waals surface area contributed by atoms with Crippen molar-refractivity contribution in [3.05, 3.63) is 129 Å². The van der Waals surface area contributed by atoms with Crippen LogP contribution in [-0.2, 0) is 22.3 Å². The highest BCUT2D eigenvalue weighted by Gasteiger charge is 2.33. The molecule has 3 nitrogen and oxygen atoms in total. The summed E-state index contributed by atoms with van der Waals surface area (Å²) in [5.41, 5.74) is 3.98. The maximum absolute atomic E-state index is 15.7. The van der Waals surface area contributed by atoms with Gasteiger partial charge in [0.05, 0.1) is 0 Å². The molecule has 11 heteroatoms. The van der Waals surface area contributed by atoms with Gasteiger partial charge in [0.15, 0.2) is 0 Å². The van der Waals surface area contributed by atoms with Gasteiger partial charge in [-0.15, -0.1) is 0 Å². The molecule has 4 aromatic carbocycles. The van der Waals surface area contributed by atoms with E-state index < -0.39 is 38.3 Å². The molecule has 0 saturated heterocycles. The van der Waals surface area contributed by atoms with Gasteiger partial charge in [-0.2, -0.15) is 26.3 Å². The third-order valence-electron chi connectivity index (χ3n) is 12.6. The van der Waals surface area contributed by atoms with Crippen LogP contribution in [0.15, 0.2) is 84.9 Å². The normalized spacial score (nSPS) is 21.0. The summed E-state index contributed by atoms with van der Waals surface area (Å²) in [6.45, 7) is 0.792. The summed E-state index contributed by atoms with van der Waals surface area (Å²) in [5, 5.41) is 0. The molecule has 0 aromatic heterocycles. The molecule has 2 aliphatic rings. The van der Waals surface area contributed by atoms with E-state index in [1.54, 1.807) is 0 Å². The van der Waals surface area contributed by atoms with Gasteiger partial charge in [-0.1, -0.05) is 112 Å². The molecule has 0 amide bonds. The van der Waals surface area contributed by atoms with Crippen molar-refractivity contribution in [2.45, 2.75) is 141 Å². The van der Waals surface area contributed by atoms with Crippen LogP contribution in [0, 0.1) is 11.8 Å². The van der Waals surface area contributed by atoms with Gasteiger partial charge in [0.1, 0.15) is 24.7 Å². The maximum Gasteiger partial charge on any atom is 0.411 e. The highest BCUT2D eigenvalue weighted by molar-refractivity contribution is 5.51. The van der Waals surface area contributed by atoms with E-state index in [0.717, 1.165) is 48.6 Å². The molecule has 4 aromatic rings. The fourth-order valence-electron chi connectivity index (χ4n) is 9.40. The van der Waals surface area contributed by atoms with Crippen molar-refractivity contribution < 1.29 is 49.3 Å². The molecular weight excluding hydrogens is 801 g/mol. The molecule has 2 aliphatic carbocycles. The van der Waals surface area contributed by atoms with Gasteiger partial charge in [0, 0.05) is 35.1 Å². The van der Waals surface area contributed by atoms with Crippen molar-refractivity contribution >= 4 is 0 Å². The molecule has 332 valence electrons. The van der Waals surface area contributed by atoms with Gasteiger partial charge in [-0.05, 0) is 109 Å². The van der Waals surface area contributed by atoms with Crippen LogP contribution in [0.2, 0.25) is 0 Å². The zero-order valence-corrected chi connectivity index (χ0v) is 35.1. The van der Waals surface area contributed by atoms with E-state index >= 15 is 8.78 Å². The smallest absolute Gasteiger partial charge is 0.411 e. The molecule has 61 heavy (non-hydrogen) atoms. The Hall–Kier alpha value is -3.96. The summed E-state index contributed by atoms with van der Waals surface area (Å²) in [7, 11) is 0. The molecular formula is C50H58F8O3. The average molecular weight is 859 g/mol. The second-order valence-corrected chi connectivity index (χ2v) is 17.1. The number of rotatable bonds is 18. The molecule has 0 bridgehead atoms. The van der Waals surface area contributed by atoms with Gasteiger partial charge < -0.3 is 14.2 Å². The van der Waals surface area contributed by atoms with Crippen LogP contribution >= 0.6 is 0 Å². The van der Waals surface area contributed by atoms with Crippen molar-refractivity contribution in [1.82, 2.24) is 0 Å². The fourth-order valence-corrected chi connectivity index (χ4v) is 9.40. The minimum atomic E-state index is -4.77. The summed E-state index contributed by atoms with van der Waals surface area (Å²) in [6, 6.07) is 24.5. The molecule has 6 rings (SSSR count). The molecule has 2 saturated carbocycles. The third-order valence-corrected chi connectivity index (χ3v) is 12.6. The van der Waals surface area contributed by atoms with Crippen molar-refractivity contribution in [3.63, 3.8) is 0 Å². The quantitative estimate of drug-likeness (QED) is 0.0933. The van der Waals surface area contributed by atoms with Crippen molar-refractivity contribution in [3.8, 4) is 11.5 Å². The molecule has 2 atom stereocenters. The molecule has 0 aliphatic heterocycles. The number of benzene rings is 4. The number of halogens is 8. The number of hydrogen-bond acceptors (Lipinski definition) is 3. The molecule has 0 radical (unpaired) electrons. The summed E-state index contributed by atoms with van der Waals surface area (Å²) >= 11 is 0. The fraction of sp³-hybridized carbons (Fsp3) is 0.520. The second-order valence-electron chi connectivity index (χ2n) is 17.1. The number of alkyl halides is 8. The first-order valence-electron chi connectivity index (χ1n) is 21.9. The first kappa shape index (κ1) is 46.5. The minimum absolute atomic E-state index is 0.0576. The Morgan fingerprint density at radius 1 is 0.508 bits per heavy atom. The van der Waals surface area contributed by atoms with Crippen LogP contribution in [-0.4, -0.2) is 25.6 Å². The average Bonchev–Trinajstić information content (AvgIpc) is 3.24. The molecule has 0 heterocycles. The Bertz CT molecular complexity index is 1800. The monoisotopic (exact) mass is 858 g/mol. The lowest BCUT2D eigenvalue weighted by molar-refractivity contribution is -0.203. The largest absolute Gasteiger partial charge is 0.457 e. The lowest BCUT2D eigenvalue weighted by Gasteiger charge is -2.28. The minimum Gasteiger partial charge on any atom is -0.457 e. The van der Waals surface area contributed by atoms with Crippen molar-refractivity contribution in [2.75, 3.05) is 13.2 Å². The maximum atomic E-state index is 15.7. The first-order valence-corrected chi connectivity index (χ1v) is 21.9. The first-order chi connectivity index (χ1) is 29.2. The predicted octanol–water partition coefficient (Wildman–Crippen LogP) is 15.9. The Morgan fingerprint density at radius 3 is 1.20 bits per heavy atom. The number of ether oxygens (including phenoxy) is 3. The van der Waals surface area contributed by atoms with Gasteiger partial charge in [-0.3, -0.25) is 0 Å². The lowest BCUT2D eigenvalue weighted by atomic mass is 9.77. The van der Waals surface area contributed by atoms with Gasteiger partial charge >= 0.3 is 12.4 Å².